The molecule has 0 amide bonds. The average molecular weight is 269 g/mol. The quantitative estimate of drug-likeness (QED) is 0.700. The molecule has 1 aromatic carbocycles. The Balaban J connectivity index is 2.52. The predicted octanol–water partition coefficient (Wildman–Crippen LogP) is 2.72. The van der Waals surface area contributed by atoms with E-state index in [-0.39, 0.29) is 0 Å². The summed E-state index contributed by atoms with van der Waals surface area (Å²) in [4.78, 5) is 0. The molecule has 0 atom stereocenters. The molecule has 0 heterocycles. The van der Waals surface area contributed by atoms with Crippen LogP contribution in [0.4, 0.5) is 0 Å². The highest BCUT2D eigenvalue weighted by Crippen LogP contribution is 2.24. The van der Waals surface area contributed by atoms with Crippen molar-refractivity contribution in [1.82, 2.24) is 0 Å². The highest BCUT2D eigenvalue weighted by Gasteiger charge is 2.05. The lowest BCUT2D eigenvalue weighted by molar-refractivity contribution is 0.314. The van der Waals surface area contributed by atoms with E-state index >= 15 is 0 Å². The van der Waals surface area contributed by atoms with Gasteiger partial charge in [-0.15, -0.1) is 0 Å². The summed E-state index contributed by atoms with van der Waals surface area (Å²) in [6.07, 6.45) is 1.89. The molecule has 3 nitrogen and oxygen atoms in total. The summed E-state index contributed by atoms with van der Waals surface area (Å²) < 4.78 is 11.0. The number of methoxy groups -OCH3 is 1. The molecule has 1 rings (SSSR count). The van der Waals surface area contributed by atoms with Gasteiger partial charge in [-0.2, -0.15) is 11.8 Å². The monoisotopic (exact) mass is 269 g/mol. The van der Waals surface area contributed by atoms with Gasteiger partial charge in [0.15, 0.2) is 0 Å². The molecule has 0 saturated carbocycles. The van der Waals surface area contributed by atoms with Crippen molar-refractivity contribution in [2.24, 2.45) is 5.73 Å². The first kappa shape index (κ1) is 15.2. The minimum atomic E-state index is 0.620. The van der Waals surface area contributed by atoms with Crippen molar-refractivity contribution in [3.05, 3.63) is 23.8 Å². The van der Waals surface area contributed by atoms with Gasteiger partial charge in [0.05, 0.1) is 13.7 Å². The van der Waals surface area contributed by atoms with Crippen LogP contribution >= 0.6 is 11.8 Å². The third-order valence-electron chi connectivity index (χ3n) is 2.58. The molecule has 0 unspecified atom stereocenters. The molecule has 0 aliphatic rings. The summed E-state index contributed by atoms with van der Waals surface area (Å²) in [5.41, 5.74) is 6.74. The Kier molecular flexibility index (Phi) is 7.69. The van der Waals surface area contributed by atoms with Crippen molar-refractivity contribution >= 4 is 11.8 Å². The third kappa shape index (κ3) is 5.19. The summed E-state index contributed by atoms with van der Waals surface area (Å²) in [7, 11) is 1.67. The van der Waals surface area contributed by atoms with E-state index in [0.717, 1.165) is 42.3 Å². The maximum absolute atomic E-state index is 5.81. The molecule has 0 aromatic heterocycles. The molecule has 0 aliphatic heterocycles. The summed E-state index contributed by atoms with van der Waals surface area (Å²) in [5.74, 6) is 4.11. The van der Waals surface area contributed by atoms with Crippen molar-refractivity contribution in [2.75, 3.05) is 31.8 Å². The van der Waals surface area contributed by atoms with Crippen LogP contribution in [0.25, 0.3) is 0 Å². The zero-order valence-corrected chi connectivity index (χ0v) is 12.1. The van der Waals surface area contributed by atoms with E-state index in [2.05, 4.69) is 6.92 Å². The Labute approximate surface area is 114 Å². The molecule has 102 valence electrons. The van der Waals surface area contributed by atoms with E-state index in [1.54, 1.807) is 7.11 Å². The lowest BCUT2D eigenvalue weighted by Gasteiger charge is -2.12. The molecule has 2 N–H and O–H groups in total. The van der Waals surface area contributed by atoms with Gasteiger partial charge in [-0.05, 0) is 54.7 Å². The maximum atomic E-state index is 5.81. The molecule has 0 saturated heterocycles. The van der Waals surface area contributed by atoms with Crippen molar-refractivity contribution < 1.29 is 9.47 Å². The summed E-state index contributed by atoms with van der Waals surface area (Å²) in [6, 6.07) is 5.90. The van der Waals surface area contributed by atoms with Gasteiger partial charge in [0.25, 0.3) is 0 Å². The second kappa shape index (κ2) is 9.11. The molecule has 0 radical (unpaired) electrons. The van der Waals surface area contributed by atoms with Crippen LogP contribution in [0.1, 0.15) is 18.9 Å². The number of benzene rings is 1. The van der Waals surface area contributed by atoms with Gasteiger partial charge >= 0.3 is 0 Å². The number of nitrogens with two attached hydrogens (primary N) is 1. The maximum Gasteiger partial charge on any atom is 0.122 e. The smallest absolute Gasteiger partial charge is 0.122 e. The average Bonchev–Trinajstić information content (AvgIpc) is 2.40. The van der Waals surface area contributed by atoms with Crippen LogP contribution in [0.15, 0.2) is 18.2 Å². The molecule has 0 fully saturated rings. The first-order chi connectivity index (χ1) is 8.81. The Bertz CT molecular complexity index is 345. The predicted molar refractivity (Wildman–Crippen MR) is 78.9 cm³/mol. The van der Waals surface area contributed by atoms with Crippen molar-refractivity contribution in [3.63, 3.8) is 0 Å². The standard InChI is InChI=1S/C14H23NO2S/c1-3-18-10-4-9-17-14-6-5-13(16-2)11-12(14)7-8-15/h5-6,11H,3-4,7-10,15H2,1-2H3. The van der Waals surface area contributed by atoms with Gasteiger partial charge in [0.1, 0.15) is 11.5 Å². The summed E-state index contributed by atoms with van der Waals surface area (Å²) in [5, 5.41) is 0. The van der Waals surface area contributed by atoms with Crippen LogP contribution in [-0.2, 0) is 6.42 Å². The SMILES string of the molecule is CCSCCCOc1ccc(OC)cc1CCN. The van der Waals surface area contributed by atoms with E-state index in [0.29, 0.717) is 6.54 Å². The van der Waals surface area contributed by atoms with Crippen molar-refractivity contribution in [2.45, 2.75) is 19.8 Å². The fourth-order valence-electron chi connectivity index (χ4n) is 1.66. The van der Waals surface area contributed by atoms with Gasteiger partial charge in [0, 0.05) is 0 Å². The summed E-state index contributed by atoms with van der Waals surface area (Å²) >= 11 is 1.94. The first-order valence-electron chi connectivity index (χ1n) is 6.39. The molecular weight excluding hydrogens is 246 g/mol. The fourth-order valence-corrected chi connectivity index (χ4v) is 2.27. The van der Waals surface area contributed by atoms with Crippen LogP contribution < -0.4 is 15.2 Å². The lowest BCUT2D eigenvalue weighted by Crippen LogP contribution is -2.07. The van der Waals surface area contributed by atoms with E-state index < -0.39 is 0 Å². The third-order valence-corrected chi connectivity index (χ3v) is 3.56. The van der Waals surface area contributed by atoms with E-state index in [1.807, 2.05) is 30.0 Å². The summed E-state index contributed by atoms with van der Waals surface area (Å²) in [6.45, 7) is 3.56. The van der Waals surface area contributed by atoms with E-state index in [4.69, 9.17) is 15.2 Å². The van der Waals surface area contributed by atoms with Crippen molar-refractivity contribution in [1.29, 1.82) is 0 Å². The zero-order chi connectivity index (χ0) is 13.2. The zero-order valence-electron chi connectivity index (χ0n) is 11.3. The molecule has 0 aliphatic carbocycles. The number of ether oxygens (including phenoxy) is 2. The van der Waals surface area contributed by atoms with Gasteiger partial charge < -0.3 is 15.2 Å². The number of thioether (sulfide) groups is 1. The number of hydrogen-bond donors (Lipinski definition) is 1. The normalized spacial score (nSPS) is 10.4. The van der Waals surface area contributed by atoms with Crippen LogP contribution in [0, 0.1) is 0 Å². The molecule has 1 aromatic rings. The first-order valence-corrected chi connectivity index (χ1v) is 7.54. The number of rotatable bonds is 9. The highest BCUT2D eigenvalue weighted by molar-refractivity contribution is 7.99. The van der Waals surface area contributed by atoms with Gasteiger partial charge in [-0.3, -0.25) is 0 Å². The topological polar surface area (TPSA) is 44.5 Å². The largest absolute Gasteiger partial charge is 0.497 e. The Morgan fingerprint density at radius 1 is 1.33 bits per heavy atom. The fraction of sp³-hybridized carbons (Fsp3) is 0.571. The lowest BCUT2D eigenvalue weighted by atomic mass is 10.1. The van der Waals surface area contributed by atoms with Gasteiger partial charge in [0.2, 0.25) is 0 Å². The van der Waals surface area contributed by atoms with Crippen LogP contribution in [0.5, 0.6) is 11.5 Å². The highest BCUT2D eigenvalue weighted by atomic mass is 32.2. The van der Waals surface area contributed by atoms with E-state index in [9.17, 15) is 0 Å². The van der Waals surface area contributed by atoms with Gasteiger partial charge in [-0.1, -0.05) is 6.92 Å². The van der Waals surface area contributed by atoms with Gasteiger partial charge in [-0.25, -0.2) is 0 Å². The molecule has 18 heavy (non-hydrogen) atoms. The molecular formula is C14H23NO2S. The molecule has 0 spiro atoms. The minimum absolute atomic E-state index is 0.620. The molecule has 0 bridgehead atoms. The second-order valence-corrected chi connectivity index (χ2v) is 5.31. The Morgan fingerprint density at radius 2 is 2.17 bits per heavy atom. The Morgan fingerprint density at radius 3 is 2.83 bits per heavy atom. The van der Waals surface area contributed by atoms with Crippen LogP contribution in [0.3, 0.4) is 0 Å². The van der Waals surface area contributed by atoms with Crippen LogP contribution in [-0.4, -0.2) is 31.8 Å². The minimum Gasteiger partial charge on any atom is -0.497 e. The van der Waals surface area contributed by atoms with Crippen LogP contribution in [0.2, 0.25) is 0 Å². The number of hydrogen-bond acceptors (Lipinski definition) is 4. The molecule has 4 heteroatoms. The Hall–Kier alpha value is -0.870. The van der Waals surface area contributed by atoms with Crippen molar-refractivity contribution in [3.8, 4) is 11.5 Å². The van der Waals surface area contributed by atoms with E-state index in [1.165, 1.54) is 5.75 Å². The second-order valence-electron chi connectivity index (χ2n) is 3.91.